The van der Waals surface area contributed by atoms with Gasteiger partial charge in [0.05, 0.1) is 31.4 Å². The highest BCUT2D eigenvalue weighted by Gasteiger charge is 2.41. The van der Waals surface area contributed by atoms with Crippen LogP contribution in [0.3, 0.4) is 0 Å². The SMILES string of the molecule is CSCC[C@H](NC(=O)[C@H](CC(C)C)NC(=O)[C@H](C)NC(=O)[C@@H]1CCCN1C(=O)[C@H](CC(C)C)NC(=O)CNC(=O)[C@@H](NC(=O)[C@@H](NC(=O)[C@H](CC(C)C)NC(=O)[C@@H](NC(=O)[C@H](CCCCN)NC(=O)[C@@H](N)CC(C)C)C(C)C)[C@@H](C)O)[C@@H](C)O)C(=O)N[C@@H](CO)C(=O)O. The minimum Gasteiger partial charge on any atom is -0.480 e. The Morgan fingerprint density at radius 1 is 0.505 bits per heavy atom. The van der Waals surface area contributed by atoms with Crippen LogP contribution in [0.15, 0.2) is 0 Å². The first kappa shape index (κ1) is 84.3. The fourth-order valence-corrected chi connectivity index (χ4v) is 10.5. The van der Waals surface area contributed by atoms with E-state index in [1.54, 1.807) is 61.6 Å². The number of aliphatic hydroxyl groups excluding tert-OH is 3. The second-order valence-corrected chi connectivity index (χ2v) is 26.9. The maximum Gasteiger partial charge on any atom is 0.328 e. The highest BCUT2D eigenvalue weighted by atomic mass is 32.2. The molecule has 1 saturated heterocycles. The summed E-state index contributed by atoms with van der Waals surface area (Å²) < 4.78 is 0. The van der Waals surface area contributed by atoms with Crippen LogP contribution in [-0.2, 0) is 62.3 Å². The summed E-state index contributed by atoms with van der Waals surface area (Å²) in [6.07, 6.45) is 0.915. The summed E-state index contributed by atoms with van der Waals surface area (Å²) in [5, 5.41) is 68.0. The van der Waals surface area contributed by atoms with Gasteiger partial charge in [-0.3, -0.25) is 57.5 Å². The predicted octanol–water partition coefficient (Wildman–Crippen LogP) is -3.15. The Kier molecular flexibility index (Phi) is 38.6. The van der Waals surface area contributed by atoms with Gasteiger partial charge < -0.3 is 95.3 Å². The van der Waals surface area contributed by atoms with Crippen LogP contribution in [0.2, 0.25) is 0 Å². The van der Waals surface area contributed by atoms with Gasteiger partial charge in [0.25, 0.3) is 0 Å². The molecule has 1 heterocycles. The van der Waals surface area contributed by atoms with Crippen molar-refractivity contribution in [1.29, 1.82) is 0 Å². The molecule has 1 aliphatic heterocycles. The summed E-state index contributed by atoms with van der Waals surface area (Å²) >= 11 is 1.36. The quantitative estimate of drug-likeness (QED) is 0.0268. The summed E-state index contributed by atoms with van der Waals surface area (Å²) in [6, 6.07) is -15.7. The van der Waals surface area contributed by atoms with Crippen LogP contribution in [0.1, 0.15) is 154 Å². The number of hydrogen-bond donors (Lipinski definition) is 17. The number of nitrogens with two attached hydrogens (primary N) is 2. The number of amides is 12. The highest BCUT2D eigenvalue weighted by molar-refractivity contribution is 7.98. The molecule has 93 heavy (non-hydrogen) atoms. The topological polar surface area (TPSA) is 490 Å². The van der Waals surface area contributed by atoms with Crippen molar-refractivity contribution in [3.8, 4) is 0 Å². The number of unbranched alkanes of at least 4 members (excludes halogenated alkanes) is 1. The lowest BCUT2D eigenvalue weighted by atomic mass is 9.98. The summed E-state index contributed by atoms with van der Waals surface area (Å²) in [6.45, 7) is 20.2. The molecule has 0 bridgehead atoms. The molecule has 0 aromatic rings. The van der Waals surface area contributed by atoms with Crippen molar-refractivity contribution >= 4 is 88.6 Å². The standard InChI is InChI=1S/C61H110N14O17S/c1-30(2)24-38(63)51(81)67-39(18-15-16-21-62)53(83)72-47(34(9)10)58(88)70-42(26-32(5)6)55(85)73-49(37(13)78)59(89)74-48(36(12)77)57(87)64-28-46(79)66-43(27-33(7)8)60(90)75-22-17-19-45(75)56(86)65-35(11)50(80)69-41(25-31(3)4)54(84)68-40(20-23-93-14)52(82)71-44(29-76)61(91)92/h30-45,47-49,76-78H,15-29,62-63H2,1-14H3,(H,64,87)(H,65,86)(H,66,79)(H,67,81)(H,68,84)(H,69,80)(H,70,88)(H,71,82)(H,72,83)(H,73,85)(H,74,89)(H,91,92)/t35-,36+,37+,38-,39-,40-,41-,42-,43-,44-,45-,47-,48-,49-/m0/s1. The third-order valence-electron chi connectivity index (χ3n) is 15.1. The van der Waals surface area contributed by atoms with E-state index in [-0.39, 0.29) is 68.7 Å². The Balaban J connectivity index is 3.22. The number of rotatable bonds is 43. The highest BCUT2D eigenvalue weighted by Crippen LogP contribution is 2.21. The zero-order chi connectivity index (χ0) is 71.1. The Hall–Kier alpha value is -6.74. The lowest BCUT2D eigenvalue weighted by Gasteiger charge is -2.30. The number of carbonyl (C=O) groups is 13. The predicted molar refractivity (Wildman–Crippen MR) is 347 cm³/mol. The van der Waals surface area contributed by atoms with Gasteiger partial charge in [0.2, 0.25) is 70.9 Å². The van der Waals surface area contributed by atoms with Crippen LogP contribution in [0.4, 0.5) is 0 Å². The lowest BCUT2D eigenvalue weighted by molar-refractivity contribution is -0.143. The Bertz CT molecular complexity index is 2490. The first-order chi connectivity index (χ1) is 43.4. The van der Waals surface area contributed by atoms with Gasteiger partial charge in [0, 0.05) is 6.54 Å². The zero-order valence-electron chi connectivity index (χ0n) is 56.7. The fraction of sp³-hybridized carbons (Fsp3) is 0.787. The van der Waals surface area contributed by atoms with Gasteiger partial charge >= 0.3 is 5.97 Å². The minimum atomic E-state index is -1.78. The normalized spacial score (nSPS) is 17.4. The number of aliphatic carboxylic acids is 1. The van der Waals surface area contributed by atoms with Gasteiger partial charge in [-0.05, 0) is 133 Å². The van der Waals surface area contributed by atoms with E-state index in [4.69, 9.17) is 11.5 Å². The number of carboxylic acid groups (broad SMARTS) is 1. The average molecular weight is 1340 g/mol. The molecule has 1 fully saturated rings. The third kappa shape index (κ3) is 30.5. The second kappa shape index (κ2) is 42.6. The summed E-state index contributed by atoms with van der Waals surface area (Å²) in [4.78, 5) is 177. The van der Waals surface area contributed by atoms with Crippen LogP contribution >= 0.6 is 11.8 Å². The molecule has 1 aliphatic rings. The Morgan fingerprint density at radius 3 is 1.45 bits per heavy atom. The average Bonchev–Trinajstić information content (AvgIpc) is 1.80. The Morgan fingerprint density at radius 2 is 0.946 bits per heavy atom. The minimum absolute atomic E-state index is 0.0134. The number of carboxylic acids is 1. The van der Waals surface area contributed by atoms with Crippen LogP contribution < -0.4 is 70.0 Å². The molecule has 0 spiro atoms. The number of likely N-dealkylation sites (tertiary alicyclic amines) is 1. The van der Waals surface area contributed by atoms with E-state index in [1.165, 1.54) is 30.5 Å². The molecule has 0 radical (unpaired) electrons. The van der Waals surface area contributed by atoms with E-state index < -0.39 is 181 Å². The molecule has 0 aliphatic carbocycles. The largest absolute Gasteiger partial charge is 0.480 e. The lowest BCUT2D eigenvalue weighted by Crippen LogP contribution is -2.63. The first-order valence-corrected chi connectivity index (χ1v) is 33.6. The molecular weight excluding hydrogens is 1230 g/mol. The van der Waals surface area contributed by atoms with Gasteiger partial charge in [0.1, 0.15) is 66.5 Å². The van der Waals surface area contributed by atoms with Crippen molar-refractivity contribution in [2.45, 2.75) is 239 Å². The Labute approximate surface area is 551 Å². The van der Waals surface area contributed by atoms with Gasteiger partial charge in [-0.1, -0.05) is 69.2 Å². The van der Waals surface area contributed by atoms with Crippen molar-refractivity contribution in [3.63, 3.8) is 0 Å². The first-order valence-electron chi connectivity index (χ1n) is 32.2. The molecule has 19 N–H and O–H groups in total. The van der Waals surface area contributed by atoms with E-state index in [0.29, 0.717) is 38.0 Å². The van der Waals surface area contributed by atoms with E-state index in [2.05, 4.69) is 58.5 Å². The number of nitrogens with one attached hydrogen (secondary N) is 11. The monoisotopic (exact) mass is 1340 g/mol. The second-order valence-electron chi connectivity index (χ2n) is 26.0. The van der Waals surface area contributed by atoms with Gasteiger partial charge in [0.15, 0.2) is 0 Å². The van der Waals surface area contributed by atoms with E-state index in [9.17, 15) is 82.8 Å². The van der Waals surface area contributed by atoms with Gasteiger partial charge in [-0.25, -0.2) is 4.79 Å². The molecule has 0 unspecified atom stereocenters. The van der Waals surface area contributed by atoms with Gasteiger partial charge in [-0.15, -0.1) is 0 Å². The fourth-order valence-electron chi connectivity index (χ4n) is 10.0. The third-order valence-corrected chi connectivity index (χ3v) is 15.7. The number of nitrogens with zero attached hydrogens (tertiary/aromatic N) is 1. The van der Waals surface area contributed by atoms with Crippen LogP contribution in [0.5, 0.6) is 0 Å². The van der Waals surface area contributed by atoms with Crippen LogP contribution in [0.25, 0.3) is 0 Å². The van der Waals surface area contributed by atoms with Crippen molar-refractivity contribution in [1.82, 2.24) is 63.4 Å². The summed E-state index contributed by atoms with van der Waals surface area (Å²) in [5.74, 6) is -11.9. The van der Waals surface area contributed by atoms with Crippen LogP contribution in [0, 0.1) is 29.6 Å². The van der Waals surface area contributed by atoms with Crippen molar-refractivity contribution in [2.75, 3.05) is 38.2 Å². The van der Waals surface area contributed by atoms with Crippen molar-refractivity contribution in [2.24, 2.45) is 41.1 Å². The van der Waals surface area contributed by atoms with Gasteiger partial charge in [-0.2, -0.15) is 11.8 Å². The molecular formula is C61H110N14O17S. The molecule has 12 amide bonds. The number of aliphatic hydroxyl groups is 3. The molecule has 32 heteroatoms. The van der Waals surface area contributed by atoms with E-state index >= 15 is 0 Å². The maximum atomic E-state index is 14.3. The van der Waals surface area contributed by atoms with Crippen molar-refractivity contribution in [3.05, 3.63) is 0 Å². The molecule has 0 aromatic carbocycles. The number of hydrogen-bond acceptors (Lipinski definition) is 19. The number of thioether (sulfide) groups is 1. The van der Waals surface area contributed by atoms with E-state index in [1.807, 2.05) is 13.8 Å². The number of carbonyl (C=O) groups excluding carboxylic acids is 12. The van der Waals surface area contributed by atoms with E-state index in [0.717, 1.165) is 6.92 Å². The van der Waals surface area contributed by atoms with Crippen LogP contribution in [-0.4, -0.2) is 225 Å². The summed E-state index contributed by atoms with van der Waals surface area (Å²) in [7, 11) is 0. The molecule has 0 aromatic heterocycles. The molecule has 532 valence electrons. The zero-order valence-corrected chi connectivity index (χ0v) is 57.5. The maximum absolute atomic E-state index is 14.3. The molecule has 31 nitrogen and oxygen atoms in total. The molecule has 1 rings (SSSR count). The molecule has 0 saturated carbocycles. The van der Waals surface area contributed by atoms with Crippen molar-refractivity contribution < 1.29 is 82.8 Å². The molecule has 14 atom stereocenters. The smallest absolute Gasteiger partial charge is 0.328 e. The summed E-state index contributed by atoms with van der Waals surface area (Å²) in [5.41, 5.74) is 11.8.